The Kier molecular flexibility index (Phi) is 7.21. The number of halogens is 1. The number of anilines is 1. The molecule has 0 unspecified atom stereocenters. The second kappa shape index (κ2) is 10.3. The Hall–Kier alpha value is -3.12. The SMILES string of the molecule is O=C(CNc1ccccc1)N/N=C\c1cccc(OCc2ccc(Br)cc2)c1. The van der Waals surface area contributed by atoms with Crippen LogP contribution in [-0.4, -0.2) is 18.7 Å². The first-order valence-corrected chi connectivity index (χ1v) is 9.56. The summed E-state index contributed by atoms with van der Waals surface area (Å²) in [5.74, 6) is 0.520. The van der Waals surface area contributed by atoms with Crippen LogP contribution in [0.2, 0.25) is 0 Å². The number of amides is 1. The molecule has 0 fully saturated rings. The lowest BCUT2D eigenvalue weighted by atomic mass is 10.2. The van der Waals surface area contributed by atoms with Crippen molar-refractivity contribution in [3.63, 3.8) is 0 Å². The number of rotatable bonds is 8. The van der Waals surface area contributed by atoms with Gasteiger partial charge in [0, 0.05) is 10.2 Å². The first-order valence-electron chi connectivity index (χ1n) is 8.77. The zero-order valence-corrected chi connectivity index (χ0v) is 16.7. The van der Waals surface area contributed by atoms with Crippen molar-refractivity contribution < 1.29 is 9.53 Å². The van der Waals surface area contributed by atoms with E-state index in [1.54, 1.807) is 6.21 Å². The molecular formula is C22H20BrN3O2. The molecule has 0 aliphatic carbocycles. The topological polar surface area (TPSA) is 62.7 Å². The average Bonchev–Trinajstić information content (AvgIpc) is 2.73. The van der Waals surface area contributed by atoms with Crippen LogP contribution in [0.3, 0.4) is 0 Å². The molecule has 28 heavy (non-hydrogen) atoms. The van der Waals surface area contributed by atoms with E-state index >= 15 is 0 Å². The quantitative estimate of drug-likeness (QED) is 0.400. The highest BCUT2D eigenvalue weighted by molar-refractivity contribution is 9.10. The normalized spacial score (nSPS) is 10.6. The smallest absolute Gasteiger partial charge is 0.259 e. The van der Waals surface area contributed by atoms with Crippen molar-refractivity contribution in [3.05, 3.63) is 94.5 Å². The number of carbonyl (C=O) groups excluding carboxylic acids is 1. The number of carbonyl (C=O) groups is 1. The van der Waals surface area contributed by atoms with Gasteiger partial charge < -0.3 is 10.1 Å². The predicted octanol–water partition coefficient (Wildman–Crippen LogP) is 4.59. The molecular weight excluding hydrogens is 418 g/mol. The van der Waals surface area contributed by atoms with Gasteiger partial charge in [-0.05, 0) is 47.5 Å². The summed E-state index contributed by atoms with van der Waals surface area (Å²) >= 11 is 3.42. The van der Waals surface area contributed by atoms with E-state index in [4.69, 9.17) is 4.74 Å². The first-order chi connectivity index (χ1) is 13.7. The molecule has 0 saturated heterocycles. The third kappa shape index (κ3) is 6.55. The van der Waals surface area contributed by atoms with E-state index in [9.17, 15) is 4.79 Å². The molecule has 3 aromatic carbocycles. The zero-order valence-electron chi connectivity index (χ0n) is 15.1. The maximum absolute atomic E-state index is 11.8. The maximum atomic E-state index is 11.8. The van der Waals surface area contributed by atoms with Crippen LogP contribution in [0.25, 0.3) is 0 Å². The molecule has 0 aromatic heterocycles. The number of nitrogens with one attached hydrogen (secondary N) is 2. The van der Waals surface area contributed by atoms with E-state index in [0.717, 1.165) is 27.0 Å². The van der Waals surface area contributed by atoms with Crippen molar-refractivity contribution in [2.24, 2.45) is 5.10 Å². The monoisotopic (exact) mass is 437 g/mol. The van der Waals surface area contributed by atoms with Gasteiger partial charge in [-0.3, -0.25) is 4.79 Å². The van der Waals surface area contributed by atoms with E-state index in [2.05, 4.69) is 31.8 Å². The molecule has 0 atom stereocenters. The molecule has 0 radical (unpaired) electrons. The molecule has 6 heteroatoms. The largest absolute Gasteiger partial charge is 0.489 e. The first kappa shape index (κ1) is 19.6. The molecule has 0 aliphatic heterocycles. The highest BCUT2D eigenvalue weighted by atomic mass is 79.9. The van der Waals surface area contributed by atoms with Gasteiger partial charge in [-0.25, -0.2) is 5.43 Å². The van der Waals surface area contributed by atoms with Crippen molar-refractivity contribution in [1.82, 2.24) is 5.43 Å². The summed E-state index contributed by atoms with van der Waals surface area (Å²) in [7, 11) is 0. The number of benzene rings is 3. The van der Waals surface area contributed by atoms with Gasteiger partial charge in [0.1, 0.15) is 12.4 Å². The molecule has 0 spiro atoms. The molecule has 0 heterocycles. The van der Waals surface area contributed by atoms with E-state index in [1.165, 1.54) is 0 Å². The Morgan fingerprint density at radius 3 is 2.57 bits per heavy atom. The molecule has 0 saturated carbocycles. The van der Waals surface area contributed by atoms with E-state index in [-0.39, 0.29) is 12.5 Å². The van der Waals surface area contributed by atoms with E-state index in [1.807, 2.05) is 78.9 Å². The molecule has 2 N–H and O–H groups in total. The summed E-state index contributed by atoms with van der Waals surface area (Å²) < 4.78 is 6.85. The van der Waals surface area contributed by atoms with Gasteiger partial charge in [0.2, 0.25) is 0 Å². The minimum atomic E-state index is -0.220. The molecule has 0 aliphatic rings. The number of nitrogens with zero attached hydrogens (tertiary/aromatic N) is 1. The standard InChI is InChI=1S/C22H20BrN3O2/c23-19-11-9-17(10-12-19)16-28-21-8-4-5-18(13-21)14-25-26-22(27)15-24-20-6-2-1-3-7-20/h1-14,24H,15-16H2,(H,26,27)/b25-14-. The van der Waals surface area contributed by atoms with Gasteiger partial charge >= 0.3 is 0 Å². The van der Waals surface area contributed by atoms with Gasteiger partial charge in [-0.2, -0.15) is 5.10 Å². The third-order valence-electron chi connectivity index (χ3n) is 3.81. The van der Waals surface area contributed by atoms with Crippen molar-refractivity contribution in [3.8, 4) is 5.75 Å². The van der Waals surface area contributed by atoms with Crippen molar-refractivity contribution in [2.75, 3.05) is 11.9 Å². The maximum Gasteiger partial charge on any atom is 0.259 e. The Morgan fingerprint density at radius 1 is 1.00 bits per heavy atom. The van der Waals surface area contributed by atoms with Gasteiger partial charge in [0.25, 0.3) is 5.91 Å². The fourth-order valence-electron chi connectivity index (χ4n) is 2.39. The van der Waals surface area contributed by atoms with Crippen molar-refractivity contribution in [2.45, 2.75) is 6.61 Å². The second-order valence-electron chi connectivity index (χ2n) is 6.00. The summed E-state index contributed by atoms with van der Waals surface area (Å²) in [6.45, 7) is 0.632. The lowest BCUT2D eigenvalue weighted by Gasteiger charge is -2.07. The Labute approximate surface area is 172 Å². The van der Waals surface area contributed by atoms with Gasteiger partial charge in [-0.15, -0.1) is 0 Å². The van der Waals surface area contributed by atoms with Gasteiger partial charge in [-0.1, -0.05) is 58.4 Å². The van der Waals surface area contributed by atoms with Crippen LogP contribution in [0, 0.1) is 0 Å². The summed E-state index contributed by atoms with van der Waals surface area (Å²) in [6.07, 6.45) is 1.59. The zero-order chi connectivity index (χ0) is 19.6. The van der Waals surface area contributed by atoms with Crippen molar-refractivity contribution >= 4 is 33.7 Å². The molecule has 5 nitrogen and oxygen atoms in total. The summed E-state index contributed by atoms with van der Waals surface area (Å²) in [6, 6.07) is 25.1. The molecule has 3 aromatic rings. The Balaban J connectivity index is 1.46. The Morgan fingerprint density at radius 2 is 1.79 bits per heavy atom. The average molecular weight is 438 g/mol. The van der Waals surface area contributed by atoms with E-state index < -0.39 is 0 Å². The fraction of sp³-hybridized carbons (Fsp3) is 0.0909. The second-order valence-corrected chi connectivity index (χ2v) is 6.92. The van der Waals surface area contributed by atoms with Crippen LogP contribution in [0.15, 0.2) is 88.4 Å². The van der Waals surface area contributed by atoms with Gasteiger partial charge in [0.05, 0.1) is 12.8 Å². The van der Waals surface area contributed by atoms with Gasteiger partial charge in [0.15, 0.2) is 0 Å². The third-order valence-corrected chi connectivity index (χ3v) is 4.34. The number of ether oxygens (including phenoxy) is 1. The van der Waals surface area contributed by atoms with Crippen molar-refractivity contribution in [1.29, 1.82) is 0 Å². The molecule has 142 valence electrons. The summed E-state index contributed by atoms with van der Waals surface area (Å²) in [5, 5.41) is 7.03. The molecule has 3 rings (SSSR count). The van der Waals surface area contributed by atoms with Crippen LogP contribution in [0.4, 0.5) is 5.69 Å². The van der Waals surface area contributed by atoms with Crippen LogP contribution in [-0.2, 0) is 11.4 Å². The number of hydrogen-bond donors (Lipinski definition) is 2. The van der Waals surface area contributed by atoms with Crippen LogP contribution in [0.5, 0.6) is 5.75 Å². The number of hydrogen-bond acceptors (Lipinski definition) is 4. The molecule has 0 bridgehead atoms. The Bertz CT molecular complexity index is 928. The number of hydrazone groups is 1. The molecule has 1 amide bonds. The van der Waals surface area contributed by atoms with Crippen LogP contribution < -0.4 is 15.5 Å². The highest BCUT2D eigenvalue weighted by Crippen LogP contribution is 2.16. The minimum Gasteiger partial charge on any atom is -0.489 e. The summed E-state index contributed by atoms with van der Waals surface area (Å²) in [5.41, 5.74) is 5.31. The van der Waals surface area contributed by atoms with E-state index in [0.29, 0.717) is 6.61 Å². The van der Waals surface area contributed by atoms with Crippen LogP contribution in [0.1, 0.15) is 11.1 Å². The predicted molar refractivity (Wildman–Crippen MR) is 116 cm³/mol. The minimum absolute atomic E-state index is 0.150. The lowest BCUT2D eigenvalue weighted by Crippen LogP contribution is -2.25. The number of para-hydroxylation sites is 1. The van der Waals surface area contributed by atoms with Crippen LogP contribution >= 0.6 is 15.9 Å². The highest BCUT2D eigenvalue weighted by Gasteiger charge is 2.00. The fourth-order valence-corrected chi connectivity index (χ4v) is 2.65. The lowest BCUT2D eigenvalue weighted by molar-refractivity contribution is -0.119. The summed E-state index contributed by atoms with van der Waals surface area (Å²) in [4.78, 5) is 11.8.